The summed E-state index contributed by atoms with van der Waals surface area (Å²) in [7, 11) is 0. The van der Waals surface area contributed by atoms with Gasteiger partial charge in [-0.15, -0.1) is 0 Å². The number of benzene rings is 2. The average molecular weight is 374 g/mol. The fourth-order valence-corrected chi connectivity index (χ4v) is 2.82. The molecular formula is C17H12ClN3O3S. The molecule has 1 aliphatic rings. The van der Waals surface area contributed by atoms with Gasteiger partial charge in [0.15, 0.2) is 5.11 Å². The Bertz CT molecular complexity index is 896. The zero-order valence-corrected chi connectivity index (χ0v) is 14.4. The van der Waals surface area contributed by atoms with Crippen LogP contribution in [0.15, 0.2) is 54.2 Å². The van der Waals surface area contributed by atoms with Crippen molar-refractivity contribution in [2.45, 2.75) is 6.54 Å². The molecule has 1 N–H and O–H groups in total. The third-order valence-electron chi connectivity index (χ3n) is 3.66. The summed E-state index contributed by atoms with van der Waals surface area (Å²) >= 11 is 11.4. The average Bonchev–Trinajstić information content (AvgIpc) is 2.85. The van der Waals surface area contributed by atoms with Gasteiger partial charge in [0.25, 0.3) is 11.6 Å². The molecule has 0 radical (unpaired) electrons. The Morgan fingerprint density at radius 1 is 1.20 bits per heavy atom. The number of nitrogens with zero attached hydrogens (tertiary/aromatic N) is 2. The molecule has 1 saturated heterocycles. The number of amides is 1. The van der Waals surface area contributed by atoms with Crippen LogP contribution in [0.25, 0.3) is 6.08 Å². The standard InChI is InChI=1S/C17H12ClN3O3S/c18-14-4-2-1-3-12(14)10-20-16(22)15(19-17(20)25)9-11-5-7-13(8-6-11)21(23)24/h1-9H,10H2,(H,19,25)/b15-9-. The summed E-state index contributed by atoms with van der Waals surface area (Å²) in [6, 6.07) is 13.1. The van der Waals surface area contributed by atoms with Gasteiger partial charge in [0, 0.05) is 17.2 Å². The Hall–Kier alpha value is -2.77. The van der Waals surface area contributed by atoms with Crippen molar-refractivity contribution in [1.82, 2.24) is 10.2 Å². The van der Waals surface area contributed by atoms with Crippen LogP contribution < -0.4 is 5.32 Å². The molecule has 8 heteroatoms. The van der Waals surface area contributed by atoms with Crippen molar-refractivity contribution in [1.29, 1.82) is 0 Å². The maximum absolute atomic E-state index is 12.6. The molecule has 0 atom stereocenters. The van der Waals surface area contributed by atoms with E-state index in [0.717, 1.165) is 5.56 Å². The molecule has 0 bridgehead atoms. The van der Waals surface area contributed by atoms with Gasteiger partial charge in [-0.1, -0.05) is 29.8 Å². The van der Waals surface area contributed by atoms with Crippen LogP contribution in [-0.4, -0.2) is 20.8 Å². The molecule has 0 unspecified atom stereocenters. The molecule has 1 aliphatic heterocycles. The second kappa shape index (κ2) is 7.00. The van der Waals surface area contributed by atoms with E-state index in [4.69, 9.17) is 23.8 Å². The normalized spacial score (nSPS) is 15.6. The van der Waals surface area contributed by atoms with E-state index in [-0.39, 0.29) is 23.3 Å². The molecule has 2 aromatic carbocycles. The van der Waals surface area contributed by atoms with Gasteiger partial charge in [0.2, 0.25) is 0 Å². The van der Waals surface area contributed by atoms with Crippen LogP contribution in [0.1, 0.15) is 11.1 Å². The smallest absolute Gasteiger partial charge is 0.276 e. The number of carbonyl (C=O) groups is 1. The van der Waals surface area contributed by atoms with Gasteiger partial charge < -0.3 is 5.32 Å². The predicted molar refractivity (Wildman–Crippen MR) is 98.8 cm³/mol. The number of halogens is 1. The Kier molecular flexibility index (Phi) is 4.78. The van der Waals surface area contributed by atoms with Crippen LogP contribution >= 0.6 is 23.8 Å². The topological polar surface area (TPSA) is 75.5 Å². The van der Waals surface area contributed by atoms with Crippen LogP contribution in [0.4, 0.5) is 5.69 Å². The molecule has 1 fully saturated rings. The summed E-state index contributed by atoms with van der Waals surface area (Å²) in [5, 5.41) is 14.4. The Morgan fingerprint density at radius 2 is 1.88 bits per heavy atom. The minimum absolute atomic E-state index is 0.0104. The number of nitrogens with one attached hydrogen (secondary N) is 1. The van der Waals surface area contributed by atoms with Crippen molar-refractivity contribution in [3.8, 4) is 0 Å². The lowest BCUT2D eigenvalue weighted by Crippen LogP contribution is -2.30. The van der Waals surface area contributed by atoms with Crippen LogP contribution in [0.5, 0.6) is 0 Å². The van der Waals surface area contributed by atoms with E-state index < -0.39 is 4.92 Å². The fourth-order valence-electron chi connectivity index (χ4n) is 2.37. The minimum atomic E-state index is -0.476. The molecule has 1 amide bonds. The van der Waals surface area contributed by atoms with Crippen LogP contribution in [0.2, 0.25) is 5.02 Å². The molecule has 0 spiro atoms. The highest BCUT2D eigenvalue weighted by atomic mass is 35.5. The predicted octanol–water partition coefficient (Wildman–Crippen LogP) is 3.51. The molecule has 0 aliphatic carbocycles. The van der Waals surface area contributed by atoms with Crippen molar-refractivity contribution in [3.05, 3.63) is 80.5 Å². The number of non-ortho nitro benzene ring substituents is 1. The van der Waals surface area contributed by atoms with Gasteiger partial charge >= 0.3 is 0 Å². The molecule has 6 nitrogen and oxygen atoms in total. The summed E-state index contributed by atoms with van der Waals surface area (Å²) in [5.41, 5.74) is 1.75. The van der Waals surface area contributed by atoms with Crippen LogP contribution in [0, 0.1) is 10.1 Å². The first kappa shape index (κ1) is 17.1. The third kappa shape index (κ3) is 3.67. The van der Waals surface area contributed by atoms with Gasteiger partial charge in [0.1, 0.15) is 5.70 Å². The summed E-state index contributed by atoms with van der Waals surface area (Å²) in [6.45, 7) is 0.266. The minimum Gasteiger partial charge on any atom is -0.328 e. The third-order valence-corrected chi connectivity index (χ3v) is 4.35. The highest BCUT2D eigenvalue weighted by Crippen LogP contribution is 2.22. The van der Waals surface area contributed by atoms with Crippen molar-refractivity contribution in [3.63, 3.8) is 0 Å². The number of nitro groups is 1. The zero-order valence-electron chi connectivity index (χ0n) is 12.8. The summed E-state index contributed by atoms with van der Waals surface area (Å²) in [5.74, 6) is -0.275. The first-order valence-electron chi connectivity index (χ1n) is 7.28. The highest BCUT2D eigenvalue weighted by Gasteiger charge is 2.30. The van der Waals surface area contributed by atoms with Crippen molar-refractivity contribution >= 4 is 46.6 Å². The summed E-state index contributed by atoms with van der Waals surface area (Å²) < 4.78 is 0. The van der Waals surface area contributed by atoms with Crippen LogP contribution in [0.3, 0.4) is 0 Å². The number of carbonyl (C=O) groups excluding carboxylic acids is 1. The van der Waals surface area contributed by atoms with Gasteiger partial charge in [-0.2, -0.15) is 0 Å². The lowest BCUT2D eigenvalue weighted by molar-refractivity contribution is -0.384. The van der Waals surface area contributed by atoms with E-state index in [9.17, 15) is 14.9 Å². The molecule has 0 saturated carbocycles. The molecule has 2 aromatic rings. The molecule has 25 heavy (non-hydrogen) atoms. The van der Waals surface area contributed by atoms with Crippen LogP contribution in [-0.2, 0) is 11.3 Å². The zero-order chi connectivity index (χ0) is 18.0. The van der Waals surface area contributed by atoms with Crippen molar-refractivity contribution in [2.75, 3.05) is 0 Å². The summed E-state index contributed by atoms with van der Waals surface area (Å²) in [6.07, 6.45) is 1.60. The van der Waals surface area contributed by atoms with Gasteiger partial charge in [-0.05, 0) is 47.6 Å². The monoisotopic (exact) mass is 373 g/mol. The maximum Gasteiger partial charge on any atom is 0.276 e. The Balaban J connectivity index is 1.81. The molecule has 0 aromatic heterocycles. The highest BCUT2D eigenvalue weighted by molar-refractivity contribution is 7.80. The van der Waals surface area contributed by atoms with Gasteiger partial charge in [0.05, 0.1) is 11.5 Å². The Labute approximate surface area is 153 Å². The molecule has 126 valence electrons. The lowest BCUT2D eigenvalue weighted by Gasteiger charge is -2.14. The second-order valence-electron chi connectivity index (χ2n) is 5.32. The first-order chi connectivity index (χ1) is 12.0. The van der Waals surface area contributed by atoms with E-state index in [1.165, 1.54) is 17.0 Å². The number of hydrogen-bond acceptors (Lipinski definition) is 4. The van der Waals surface area contributed by atoms with Gasteiger partial charge in [-0.25, -0.2) is 0 Å². The maximum atomic E-state index is 12.6. The number of rotatable bonds is 4. The van der Waals surface area contributed by atoms with E-state index in [0.29, 0.717) is 16.3 Å². The largest absolute Gasteiger partial charge is 0.328 e. The fraction of sp³-hybridized carbons (Fsp3) is 0.0588. The first-order valence-corrected chi connectivity index (χ1v) is 8.07. The molecule has 1 heterocycles. The van der Waals surface area contributed by atoms with E-state index in [2.05, 4.69) is 5.32 Å². The molecular weight excluding hydrogens is 362 g/mol. The van der Waals surface area contributed by atoms with Crippen molar-refractivity contribution in [2.24, 2.45) is 0 Å². The van der Waals surface area contributed by atoms with E-state index in [1.54, 1.807) is 24.3 Å². The number of thiocarbonyl (C=S) groups is 1. The quantitative estimate of drug-likeness (QED) is 0.384. The summed E-state index contributed by atoms with van der Waals surface area (Å²) in [4.78, 5) is 24.2. The van der Waals surface area contributed by atoms with Crippen molar-refractivity contribution < 1.29 is 9.72 Å². The number of hydrogen-bond donors (Lipinski definition) is 1. The van der Waals surface area contributed by atoms with Gasteiger partial charge in [-0.3, -0.25) is 19.8 Å². The Morgan fingerprint density at radius 3 is 2.52 bits per heavy atom. The second-order valence-corrected chi connectivity index (χ2v) is 6.11. The SMILES string of the molecule is O=C1/C(=C/c2ccc([N+](=O)[O-])cc2)NC(=S)N1Cc1ccccc1Cl. The van der Waals surface area contributed by atoms with E-state index >= 15 is 0 Å². The lowest BCUT2D eigenvalue weighted by atomic mass is 10.1. The van der Waals surface area contributed by atoms with E-state index in [1.807, 2.05) is 18.2 Å². The molecule has 3 rings (SSSR count). The number of nitro benzene ring substituents is 1.